The number of hydrogen-bond acceptors (Lipinski definition) is 4. The van der Waals surface area contributed by atoms with Gasteiger partial charge >= 0.3 is 11.9 Å². The van der Waals surface area contributed by atoms with Crippen molar-refractivity contribution in [3.63, 3.8) is 0 Å². The highest BCUT2D eigenvalue weighted by molar-refractivity contribution is 5.76. The fourth-order valence-corrected chi connectivity index (χ4v) is 6.87. The molecular weight excluding hydrogens is 364 g/mol. The molecule has 0 radical (unpaired) electrons. The van der Waals surface area contributed by atoms with E-state index in [0.29, 0.717) is 17.8 Å². The molecular formula is C25H38O4. The van der Waals surface area contributed by atoms with Crippen LogP contribution in [0, 0.1) is 40.4 Å². The summed E-state index contributed by atoms with van der Waals surface area (Å²) < 4.78 is 11.8. The number of carbonyl (C=O) groups excluding carboxylic acids is 2. The molecule has 4 nitrogen and oxygen atoms in total. The van der Waals surface area contributed by atoms with Crippen LogP contribution in [-0.2, 0) is 19.1 Å². The van der Waals surface area contributed by atoms with E-state index in [9.17, 15) is 9.59 Å². The summed E-state index contributed by atoms with van der Waals surface area (Å²) in [5.41, 5.74) is -0.353. The van der Waals surface area contributed by atoms with E-state index in [-0.39, 0.29) is 47.1 Å². The first kappa shape index (κ1) is 20.9. The molecule has 4 bridgehead atoms. The van der Waals surface area contributed by atoms with E-state index in [4.69, 9.17) is 9.47 Å². The molecule has 0 amide bonds. The zero-order valence-corrected chi connectivity index (χ0v) is 19.0. The molecule has 7 unspecified atom stereocenters. The second-order valence-electron chi connectivity index (χ2n) is 11.9. The fourth-order valence-electron chi connectivity index (χ4n) is 6.87. The molecule has 0 spiro atoms. The van der Waals surface area contributed by atoms with Crippen molar-refractivity contribution >= 4 is 11.9 Å². The zero-order chi connectivity index (χ0) is 21.2. The number of carbonyl (C=O) groups is 2. The van der Waals surface area contributed by atoms with Crippen LogP contribution < -0.4 is 0 Å². The molecule has 0 aromatic heterocycles. The van der Waals surface area contributed by atoms with Crippen LogP contribution in [0.25, 0.3) is 0 Å². The molecule has 0 aliphatic heterocycles. The van der Waals surface area contributed by atoms with Crippen LogP contribution >= 0.6 is 0 Å². The van der Waals surface area contributed by atoms with Crippen molar-refractivity contribution in [1.82, 2.24) is 0 Å². The minimum absolute atomic E-state index is 0.000196. The second kappa shape index (κ2) is 6.85. The van der Waals surface area contributed by atoms with Crippen LogP contribution in [0.2, 0.25) is 0 Å². The molecule has 0 aromatic carbocycles. The number of fused-ring (bicyclic) bond motifs is 4. The molecule has 3 fully saturated rings. The van der Waals surface area contributed by atoms with Gasteiger partial charge in [-0.15, -0.1) is 0 Å². The number of esters is 2. The van der Waals surface area contributed by atoms with Gasteiger partial charge in [0.2, 0.25) is 0 Å². The molecule has 162 valence electrons. The van der Waals surface area contributed by atoms with Gasteiger partial charge in [-0.25, -0.2) is 0 Å². The summed E-state index contributed by atoms with van der Waals surface area (Å²) in [5, 5.41) is 0. The average molecular weight is 403 g/mol. The Morgan fingerprint density at radius 3 is 2.31 bits per heavy atom. The average Bonchev–Trinajstić information content (AvgIpc) is 3.31. The Labute approximate surface area is 175 Å². The predicted molar refractivity (Wildman–Crippen MR) is 112 cm³/mol. The standard InChI is InChI=1S/C25H38O4/c1-23(2,3)29-21(26)14-20(18-12-15-7-8-16(18)11-15)28-22(27)19-13-17-9-10-25(19,6)24(17,4)5/h7-8,15-20H,9-14H2,1-6H3. The third kappa shape index (κ3) is 3.55. The lowest BCUT2D eigenvalue weighted by Crippen LogP contribution is -2.41. The van der Waals surface area contributed by atoms with Gasteiger partial charge < -0.3 is 9.47 Å². The van der Waals surface area contributed by atoms with E-state index < -0.39 is 5.60 Å². The lowest BCUT2D eigenvalue weighted by molar-refractivity contribution is -0.169. The largest absolute Gasteiger partial charge is 0.461 e. The molecule has 0 N–H and O–H groups in total. The van der Waals surface area contributed by atoms with Gasteiger partial charge in [0.1, 0.15) is 11.7 Å². The third-order valence-corrected chi connectivity index (χ3v) is 8.94. The SMILES string of the molecule is CC(C)(C)OC(=O)CC(OC(=O)C1CC2CCC1(C)C2(C)C)C1CC2C=CC1C2. The normalized spacial score (nSPS) is 40.3. The maximum Gasteiger partial charge on any atom is 0.310 e. The highest BCUT2D eigenvalue weighted by Crippen LogP contribution is 2.68. The first-order valence-corrected chi connectivity index (χ1v) is 11.5. The third-order valence-electron chi connectivity index (χ3n) is 8.94. The van der Waals surface area contributed by atoms with E-state index in [2.05, 4.69) is 32.9 Å². The summed E-state index contributed by atoms with van der Waals surface area (Å²) in [6.07, 6.45) is 9.72. The Morgan fingerprint density at radius 1 is 1.10 bits per heavy atom. The molecule has 0 saturated heterocycles. The Morgan fingerprint density at radius 2 is 1.83 bits per heavy atom. The number of hydrogen-bond donors (Lipinski definition) is 0. The molecule has 29 heavy (non-hydrogen) atoms. The highest BCUT2D eigenvalue weighted by Gasteiger charge is 2.64. The van der Waals surface area contributed by atoms with E-state index in [1.807, 2.05) is 20.8 Å². The summed E-state index contributed by atoms with van der Waals surface area (Å²) in [6.45, 7) is 12.5. The van der Waals surface area contributed by atoms with Crippen molar-refractivity contribution in [1.29, 1.82) is 0 Å². The van der Waals surface area contributed by atoms with E-state index in [1.165, 1.54) is 6.42 Å². The topological polar surface area (TPSA) is 52.6 Å². The second-order valence-corrected chi connectivity index (χ2v) is 11.9. The van der Waals surface area contributed by atoms with Crippen LogP contribution in [-0.4, -0.2) is 23.6 Å². The molecule has 4 aliphatic rings. The van der Waals surface area contributed by atoms with E-state index in [1.54, 1.807) is 0 Å². The van der Waals surface area contributed by atoms with Gasteiger partial charge in [0, 0.05) is 5.92 Å². The Hall–Kier alpha value is -1.32. The van der Waals surface area contributed by atoms with Crippen molar-refractivity contribution in [3.05, 3.63) is 12.2 Å². The molecule has 3 saturated carbocycles. The van der Waals surface area contributed by atoms with Gasteiger partial charge in [0.15, 0.2) is 0 Å². The smallest absolute Gasteiger partial charge is 0.310 e. The molecule has 0 heterocycles. The highest BCUT2D eigenvalue weighted by atomic mass is 16.6. The van der Waals surface area contributed by atoms with Crippen molar-refractivity contribution in [3.8, 4) is 0 Å². The molecule has 4 aliphatic carbocycles. The quantitative estimate of drug-likeness (QED) is 0.462. The lowest BCUT2D eigenvalue weighted by atomic mass is 9.67. The number of allylic oxidation sites excluding steroid dienone is 2. The Bertz CT molecular complexity index is 715. The number of ether oxygens (including phenoxy) is 2. The molecule has 0 aromatic rings. The van der Waals surface area contributed by atoms with Crippen molar-refractivity contribution < 1.29 is 19.1 Å². The van der Waals surface area contributed by atoms with Gasteiger partial charge in [-0.1, -0.05) is 32.9 Å². The van der Waals surface area contributed by atoms with Crippen molar-refractivity contribution in [2.45, 2.75) is 91.8 Å². The Balaban J connectivity index is 1.49. The van der Waals surface area contributed by atoms with E-state index in [0.717, 1.165) is 25.7 Å². The molecule has 4 rings (SSSR count). The minimum atomic E-state index is -0.525. The van der Waals surface area contributed by atoms with Gasteiger partial charge in [-0.3, -0.25) is 9.59 Å². The van der Waals surface area contributed by atoms with Gasteiger partial charge in [0.05, 0.1) is 12.3 Å². The van der Waals surface area contributed by atoms with Gasteiger partial charge in [-0.05, 0) is 81.5 Å². The van der Waals surface area contributed by atoms with Gasteiger partial charge in [0.25, 0.3) is 0 Å². The lowest BCUT2D eigenvalue weighted by Gasteiger charge is -2.39. The predicted octanol–water partition coefficient (Wildman–Crippen LogP) is 5.30. The zero-order valence-electron chi connectivity index (χ0n) is 19.0. The monoisotopic (exact) mass is 402 g/mol. The van der Waals surface area contributed by atoms with Crippen LogP contribution in [0.3, 0.4) is 0 Å². The molecule has 7 atom stereocenters. The van der Waals surface area contributed by atoms with Crippen molar-refractivity contribution in [2.24, 2.45) is 40.4 Å². The van der Waals surface area contributed by atoms with Crippen molar-refractivity contribution in [2.75, 3.05) is 0 Å². The fraction of sp³-hybridized carbons (Fsp3) is 0.840. The number of rotatable bonds is 5. The molecule has 4 heteroatoms. The summed E-state index contributed by atoms with van der Waals surface area (Å²) in [7, 11) is 0. The van der Waals surface area contributed by atoms with E-state index >= 15 is 0 Å². The summed E-state index contributed by atoms with van der Waals surface area (Å²) in [6, 6.07) is 0. The minimum Gasteiger partial charge on any atom is -0.461 e. The Kier molecular flexibility index (Phi) is 4.94. The summed E-state index contributed by atoms with van der Waals surface area (Å²) in [5.74, 6) is 1.44. The first-order chi connectivity index (χ1) is 13.4. The first-order valence-electron chi connectivity index (χ1n) is 11.5. The summed E-state index contributed by atoms with van der Waals surface area (Å²) >= 11 is 0. The van der Waals surface area contributed by atoms with Crippen LogP contribution in [0.1, 0.15) is 80.1 Å². The maximum atomic E-state index is 13.4. The van der Waals surface area contributed by atoms with Gasteiger partial charge in [-0.2, -0.15) is 0 Å². The van der Waals surface area contributed by atoms with Crippen LogP contribution in [0.15, 0.2) is 12.2 Å². The maximum absolute atomic E-state index is 13.4. The van der Waals surface area contributed by atoms with Crippen LogP contribution in [0.5, 0.6) is 0 Å². The van der Waals surface area contributed by atoms with Crippen LogP contribution in [0.4, 0.5) is 0 Å². The summed E-state index contributed by atoms with van der Waals surface area (Å²) in [4.78, 5) is 26.0.